The molecule has 2 aromatic rings. The van der Waals surface area contributed by atoms with Crippen LogP contribution in [0, 0.1) is 11.3 Å². The molecule has 1 aromatic heterocycles. The van der Waals surface area contributed by atoms with Gasteiger partial charge in [0, 0.05) is 19.0 Å². The highest BCUT2D eigenvalue weighted by Crippen LogP contribution is 2.31. The number of hydrogen-bond donors (Lipinski definition) is 1. The van der Waals surface area contributed by atoms with E-state index in [0.29, 0.717) is 24.2 Å². The average Bonchev–Trinajstić information content (AvgIpc) is 3.23. The Balaban J connectivity index is 1.66. The molecule has 1 fully saturated rings. The summed E-state index contributed by atoms with van der Waals surface area (Å²) in [4.78, 5) is 14.2. The number of benzene rings is 1. The molecule has 1 aliphatic heterocycles. The fraction of sp³-hybridized carbons (Fsp3) is 0.444. The second-order valence-corrected chi connectivity index (χ2v) is 6.76. The van der Waals surface area contributed by atoms with Gasteiger partial charge in [0.1, 0.15) is 11.3 Å². The van der Waals surface area contributed by atoms with E-state index < -0.39 is 5.60 Å². The number of rotatable bonds is 4. The van der Waals surface area contributed by atoms with Gasteiger partial charge < -0.3 is 10.0 Å². The minimum absolute atomic E-state index is 0.0446. The molecule has 7 heteroatoms. The number of amides is 1. The Morgan fingerprint density at radius 2 is 2.12 bits per heavy atom. The highest BCUT2D eigenvalue weighted by molar-refractivity contribution is 5.79. The van der Waals surface area contributed by atoms with Crippen molar-refractivity contribution in [3.63, 3.8) is 0 Å². The molecule has 0 radical (unpaired) electrons. The smallest absolute Gasteiger partial charge is 0.227 e. The third-order valence-corrected chi connectivity index (χ3v) is 4.55. The molecule has 1 aliphatic rings. The largest absolute Gasteiger partial charge is 0.381 e. The summed E-state index contributed by atoms with van der Waals surface area (Å²) in [7, 11) is 0. The van der Waals surface area contributed by atoms with Gasteiger partial charge in [-0.2, -0.15) is 5.26 Å². The first-order valence-corrected chi connectivity index (χ1v) is 8.33. The Kier molecular flexibility index (Phi) is 4.55. The van der Waals surface area contributed by atoms with Crippen LogP contribution in [-0.4, -0.2) is 44.0 Å². The highest BCUT2D eigenvalue weighted by atomic mass is 16.3. The van der Waals surface area contributed by atoms with Gasteiger partial charge in [0.15, 0.2) is 0 Å². The Hall–Kier alpha value is -2.72. The molecule has 1 saturated heterocycles. The van der Waals surface area contributed by atoms with Gasteiger partial charge in [-0.25, -0.2) is 4.68 Å². The predicted molar refractivity (Wildman–Crippen MR) is 90.4 cm³/mol. The van der Waals surface area contributed by atoms with Crippen molar-refractivity contribution in [1.82, 2.24) is 19.9 Å². The molecule has 2 heterocycles. The number of nitriles is 1. The number of aromatic nitrogens is 3. The fourth-order valence-corrected chi connectivity index (χ4v) is 2.94. The summed E-state index contributed by atoms with van der Waals surface area (Å²) < 4.78 is 1.70. The molecular formula is C18H21N5O2. The number of likely N-dealkylation sites (tertiary alicyclic amines) is 1. The van der Waals surface area contributed by atoms with Crippen molar-refractivity contribution in [3.05, 3.63) is 47.3 Å². The standard InChI is InChI=1S/C18H21N5O2/c1-13(2)23-11-16(20-21-23)18(25)7-8-22(12-18)17(24)9-14-3-5-15(10-19)6-4-14/h3-6,11,13,25H,7-9,12H2,1-2H3/t18-/m1/s1. The van der Waals surface area contributed by atoms with Gasteiger partial charge in [-0.1, -0.05) is 17.3 Å². The van der Waals surface area contributed by atoms with E-state index in [1.807, 2.05) is 13.8 Å². The van der Waals surface area contributed by atoms with Crippen LogP contribution in [0.3, 0.4) is 0 Å². The maximum absolute atomic E-state index is 12.5. The molecule has 1 aromatic carbocycles. The third kappa shape index (κ3) is 3.54. The van der Waals surface area contributed by atoms with Crippen LogP contribution in [0.4, 0.5) is 0 Å². The third-order valence-electron chi connectivity index (χ3n) is 4.55. The van der Waals surface area contributed by atoms with Gasteiger partial charge >= 0.3 is 0 Å². The number of hydrogen-bond acceptors (Lipinski definition) is 5. The summed E-state index contributed by atoms with van der Waals surface area (Å²) in [5.41, 5.74) is 0.785. The molecule has 7 nitrogen and oxygen atoms in total. The summed E-state index contributed by atoms with van der Waals surface area (Å²) in [5, 5.41) is 27.8. The second kappa shape index (κ2) is 6.65. The van der Waals surface area contributed by atoms with Gasteiger partial charge in [0.05, 0.1) is 30.8 Å². The summed E-state index contributed by atoms with van der Waals surface area (Å²) in [6, 6.07) is 9.20. The number of carbonyl (C=O) groups is 1. The lowest BCUT2D eigenvalue weighted by Gasteiger charge is -2.21. The molecule has 0 saturated carbocycles. The zero-order valence-electron chi connectivity index (χ0n) is 14.4. The molecule has 130 valence electrons. The maximum atomic E-state index is 12.5. The summed E-state index contributed by atoms with van der Waals surface area (Å²) in [6.07, 6.45) is 2.45. The zero-order chi connectivity index (χ0) is 18.0. The van der Waals surface area contributed by atoms with Crippen LogP contribution in [0.25, 0.3) is 0 Å². The Bertz CT molecular complexity index is 806. The lowest BCUT2D eigenvalue weighted by molar-refractivity contribution is -0.130. The quantitative estimate of drug-likeness (QED) is 0.908. The topological polar surface area (TPSA) is 95.0 Å². The van der Waals surface area contributed by atoms with E-state index in [4.69, 9.17) is 5.26 Å². The zero-order valence-corrected chi connectivity index (χ0v) is 14.4. The van der Waals surface area contributed by atoms with Crippen molar-refractivity contribution >= 4 is 5.91 Å². The van der Waals surface area contributed by atoms with Gasteiger partial charge in [-0.15, -0.1) is 5.10 Å². The normalized spacial score (nSPS) is 20.0. The van der Waals surface area contributed by atoms with Crippen LogP contribution in [0.1, 0.15) is 43.1 Å². The molecule has 25 heavy (non-hydrogen) atoms. The Morgan fingerprint density at radius 3 is 2.72 bits per heavy atom. The number of carbonyl (C=O) groups excluding carboxylic acids is 1. The molecule has 1 amide bonds. The number of aliphatic hydroxyl groups is 1. The lowest BCUT2D eigenvalue weighted by atomic mass is 10.00. The molecule has 0 unspecified atom stereocenters. The van der Waals surface area contributed by atoms with Crippen LogP contribution < -0.4 is 0 Å². The molecule has 1 atom stereocenters. The molecule has 3 rings (SSSR count). The van der Waals surface area contributed by atoms with Crippen molar-refractivity contribution in [3.8, 4) is 6.07 Å². The maximum Gasteiger partial charge on any atom is 0.227 e. The summed E-state index contributed by atoms with van der Waals surface area (Å²) in [6.45, 7) is 4.69. The van der Waals surface area contributed by atoms with Crippen LogP contribution in [0.5, 0.6) is 0 Å². The van der Waals surface area contributed by atoms with Gasteiger partial charge in [0.2, 0.25) is 5.91 Å². The predicted octanol–water partition coefficient (Wildman–Crippen LogP) is 1.39. The van der Waals surface area contributed by atoms with Crippen LogP contribution in [-0.2, 0) is 16.8 Å². The van der Waals surface area contributed by atoms with Crippen molar-refractivity contribution in [2.24, 2.45) is 0 Å². The van der Waals surface area contributed by atoms with E-state index in [1.54, 1.807) is 40.0 Å². The first kappa shape index (κ1) is 17.1. The molecule has 0 spiro atoms. The first-order valence-electron chi connectivity index (χ1n) is 8.33. The molecule has 0 bridgehead atoms. The number of β-amino-alcohol motifs (C(OH)–C–C–N with tert-alkyl or cyclic N) is 1. The van der Waals surface area contributed by atoms with Gasteiger partial charge in [-0.05, 0) is 31.5 Å². The monoisotopic (exact) mass is 339 g/mol. The van der Waals surface area contributed by atoms with E-state index in [-0.39, 0.29) is 24.9 Å². The van der Waals surface area contributed by atoms with Crippen LogP contribution in [0.15, 0.2) is 30.5 Å². The van der Waals surface area contributed by atoms with Gasteiger partial charge in [-0.3, -0.25) is 4.79 Å². The molecule has 1 N–H and O–H groups in total. The van der Waals surface area contributed by atoms with Gasteiger partial charge in [0.25, 0.3) is 0 Å². The average molecular weight is 339 g/mol. The molecule has 0 aliphatic carbocycles. The van der Waals surface area contributed by atoms with Crippen molar-refractivity contribution in [1.29, 1.82) is 5.26 Å². The SMILES string of the molecule is CC(C)n1cc([C@@]2(O)CCN(C(=O)Cc3ccc(C#N)cc3)C2)nn1. The van der Waals surface area contributed by atoms with Crippen molar-refractivity contribution in [2.75, 3.05) is 13.1 Å². The van der Waals surface area contributed by atoms with Crippen molar-refractivity contribution in [2.45, 2.75) is 38.3 Å². The highest BCUT2D eigenvalue weighted by Gasteiger charge is 2.41. The minimum Gasteiger partial charge on any atom is -0.381 e. The second-order valence-electron chi connectivity index (χ2n) is 6.76. The Morgan fingerprint density at radius 1 is 1.40 bits per heavy atom. The van der Waals surface area contributed by atoms with Crippen LogP contribution in [0.2, 0.25) is 0 Å². The summed E-state index contributed by atoms with van der Waals surface area (Å²) in [5.74, 6) is -0.0446. The summed E-state index contributed by atoms with van der Waals surface area (Å²) >= 11 is 0. The van der Waals surface area contributed by atoms with Crippen LogP contribution >= 0.6 is 0 Å². The Labute approximate surface area is 146 Å². The fourth-order valence-electron chi connectivity index (χ4n) is 2.94. The van der Waals surface area contributed by atoms with E-state index in [9.17, 15) is 9.90 Å². The van der Waals surface area contributed by atoms with E-state index in [1.165, 1.54) is 0 Å². The van der Waals surface area contributed by atoms with E-state index in [0.717, 1.165) is 5.56 Å². The number of nitrogens with zero attached hydrogens (tertiary/aromatic N) is 5. The van der Waals surface area contributed by atoms with E-state index in [2.05, 4.69) is 16.4 Å². The molecular weight excluding hydrogens is 318 g/mol. The lowest BCUT2D eigenvalue weighted by Crippen LogP contribution is -2.35. The minimum atomic E-state index is -1.15. The van der Waals surface area contributed by atoms with E-state index >= 15 is 0 Å². The first-order chi connectivity index (χ1) is 11.9. The van der Waals surface area contributed by atoms with Crippen molar-refractivity contribution < 1.29 is 9.90 Å².